The Morgan fingerprint density at radius 1 is 1.40 bits per heavy atom. The van der Waals surface area contributed by atoms with Crippen LogP contribution in [0.3, 0.4) is 0 Å². The van der Waals surface area contributed by atoms with E-state index in [-0.39, 0.29) is 5.91 Å². The number of H-pyrrole nitrogens is 1. The van der Waals surface area contributed by atoms with E-state index in [1.165, 1.54) is 12.8 Å². The van der Waals surface area contributed by atoms with Crippen LogP contribution in [0, 0.1) is 0 Å². The number of carbonyl (C=O) groups excluding carboxylic acids is 1. The SMILES string of the molecule is C[C@@]1(C(=O)NC2CCCC2)CN(Cc2nc3ccccc3[nH]2)CCO1. The number of nitrogens with zero attached hydrogens (tertiary/aromatic N) is 2. The summed E-state index contributed by atoms with van der Waals surface area (Å²) in [5.41, 5.74) is 1.24. The largest absolute Gasteiger partial charge is 0.363 e. The second-order valence-corrected chi connectivity index (χ2v) is 7.45. The molecule has 4 rings (SSSR count). The molecular weight excluding hydrogens is 316 g/mol. The van der Waals surface area contributed by atoms with Crippen LogP contribution in [-0.2, 0) is 16.1 Å². The topological polar surface area (TPSA) is 70.2 Å². The van der Waals surface area contributed by atoms with E-state index in [0.717, 1.165) is 36.2 Å². The Morgan fingerprint density at radius 2 is 2.20 bits per heavy atom. The minimum atomic E-state index is -0.785. The van der Waals surface area contributed by atoms with Crippen molar-refractivity contribution in [2.75, 3.05) is 19.7 Å². The zero-order valence-electron chi connectivity index (χ0n) is 14.8. The molecule has 0 spiro atoms. The Labute approximate surface area is 147 Å². The quantitative estimate of drug-likeness (QED) is 0.894. The number of aromatic nitrogens is 2. The molecule has 134 valence electrons. The molecule has 0 radical (unpaired) electrons. The van der Waals surface area contributed by atoms with E-state index in [0.29, 0.717) is 25.7 Å². The molecule has 2 heterocycles. The maximum absolute atomic E-state index is 12.7. The Bertz CT molecular complexity index is 720. The minimum absolute atomic E-state index is 0.0220. The Kier molecular flexibility index (Phi) is 4.48. The molecule has 6 heteroatoms. The molecule has 1 aliphatic carbocycles. The van der Waals surface area contributed by atoms with Gasteiger partial charge in [0.15, 0.2) is 5.60 Å². The molecule has 1 atom stereocenters. The van der Waals surface area contributed by atoms with Crippen LogP contribution in [0.25, 0.3) is 11.0 Å². The minimum Gasteiger partial charge on any atom is -0.363 e. The summed E-state index contributed by atoms with van der Waals surface area (Å²) in [6, 6.07) is 8.35. The number of imidazole rings is 1. The summed E-state index contributed by atoms with van der Waals surface area (Å²) in [7, 11) is 0. The zero-order chi connectivity index (χ0) is 17.3. The Balaban J connectivity index is 1.41. The summed E-state index contributed by atoms with van der Waals surface area (Å²) in [6.45, 7) is 4.56. The molecule has 1 saturated carbocycles. The number of para-hydroxylation sites is 2. The van der Waals surface area contributed by atoms with Gasteiger partial charge in [0.25, 0.3) is 5.91 Å². The van der Waals surface area contributed by atoms with Gasteiger partial charge in [-0.15, -0.1) is 0 Å². The van der Waals surface area contributed by atoms with E-state index < -0.39 is 5.60 Å². The fourth-order valence-electron chi connectivity index (χ4n) is 3.92. The number of amides is 1. The third-order valence-electron chi connectivity index (χ3n) is 5.34. The van der Waals surface area contributed by atoms with Gasteiger partial charge < -0.3 is 15.0 Å². The standard InChI is InChI=1S/C19H26N4O2/c1-19(18(24)20-14-6-2-3-7-14)13-23(10-11-25-19)12-17-21-15-8-4-5-9-16(15)22-17/h4-5,8-9,14H,2-3,6-7,10-13H2,1H3,(H,20,24)(H,21,22)/t19-/m0/s1. The van der Waals surface area contributed by atoms with Gasteiger partial charge in [-0.1, -0.05) is 25.0 Å². The highest BCUT2D eigenvalue weighted by Crippen LogP contribution is 2.23. The molecule has 0 unspecified atom stereocenters. The Hall–Kier alpha value is -1.92. The molecule has 2 N–H and O–H groups in total. The summed E-state index contributed by atoms with van der Waals surface area (Å²) < 4.78 is 5.88. The van der Waals surface area contributed by atoms with E-state index in [4.69, 9.17) is 4.74 Å². The van der Waals surface area contributed by atoms with E-state index in [2.05, 4.69) is 20.2 Å². The lowest BCUT2D eigenvalue weighted by Crippen LogP contribution is -2.59. The van der Waals surface area contributed by atoms with Gasteiger partial charge in [-0.2, -0.15) is 0 Å². The Morgan fingerprint density at radius 3 is 3.00 bits per heavy atom. The average molecular weight is 342 g/mol. The molecule has 1 saturated heterocycles. The molecule has 1 aromatic heterocycles. The van der Waals surface area contributed by atoms with Crippen LogP contribution in [0.15, 0.2) is 24.3 Å². The first-order valence-electron chi connectivity index (χ1n) is 9.23. The molecule has 6 nitrogen and oxygen atoms in total. The van der Waals surface area contributed by atoms with Gasteiger partial charge in [-0.25, -0.2) is 4.98 Å². The maximum atomic E-state index is 12.7. The number of nitrogens with one attached hydrogen (secondary N) is 2. The summed E-state index contributed by atoms with van der Waals surface area (Å²) in [6.07, 6.45) is 4.59. The van der Waals surface area contributed by atoms with E-state index in [1.54, 1.807) is 0 Å². The van der Waals surface area contributed by atoms with E-state index in [1.807, 2.05) is 31.2 Å². The first kappa shape index (κ1) is 16.5. The van der Waals surface area contributed by atoms with E-state index >= 15 is 0 Å². The summed E-state index contributed by atoms with van der Waals surface area (Å²) >= 11 is 0. The average Bonchev–Trinajstić information content (AvgIpc) is 3.23. The summed E-state index contributed by atoms with van der Waals surface area (Å²) in [4.78, 5) is 23.0. The number of morpholine rings is 1. The van der Waals surface area contributed by atoms with Crippen LogP contribution < -0.4 is 5.32 Å². The fraction of sp³-hybridized carbons (Fsp3) is 0.579. The van der Waals surface area contributed by atoms with Gasteiger partial charge in [-0.3, -0.25) is 9.69 Å². The van der Waals surface area contributed by atoms with Crippen molar-refractivity contribution in [3.8, 4) is 0 Å². The smallest absolute Gasteiger partial charge is 0.253 e. The van der Waals surface area contributed by atoms with Gasteiger partial charge in [0.05, 0.1) is 24.2 Å². The number of rotatable bonds is 4. The number of carbonyl (C=O) groups is 1. The van der Waals surface area contributed by atoms with Crippen molar-refractivity contribution in [3.63, 3.8) is 0 Å². The van der Waals surface area contributed by atoms with Crippen molar-refractivity contribution in [1.29, 1.82) is 0 Å². The number of hydrogen-bond acceptors (Lipinski definition) is 4. The van der Waals surface area contributed by atoms with Crippen molar-refractivity contribution in [2.24, 2.45) is 0 Å². The van der Waals surface area contributed by atoms with Gasteiger partial charge in [0, 0.05) is 19.1 Å². The molecule has 1 aromatic carbocycles. The second-order valence-electron chi connectivity index (χ2n) is 7.45. The normalized spacial score (nSPS) is 25.5. The third-order valence-corrected chi connectivity index (χ3v) is 5.34. The molecule has 2 aliphatic rings. The molecule has 1 amide bonds. The highest BCUT2D eigenvalue weighted by Gasteiger charge is 2.40. The predicted octanol–water partition coefficient (Wildman–Crippen LogP) is 2.21. The third kappa shape index (κ3) is 3.55. The second kappa shape index (κ2) is 6.77. The molecule has 2 aromatic rings. The molecule has 1 aliphatic heterocycles. The summed E-state index contributed by atoms with van der Waals surface area (Å²) in [5.74, 6) is 0.954. The summed E-state index contributed by atoms with van der Waals surface area (Å²) in [5, 5.41) is 3.18. The fourth-order valence-corrected chi connectivity index (χ4v) is 3.92. The molecule has 0 bridgehead atoms. The lowest BCUT2D eigenvalue weighted by atomic mass is 10.0. The van der Waals surface area contributed by atoms with Crippen LogP contribution >= 0.6 is 0 Å². The van der Waals surface area contributed by atoms with Gasteiger partial charge >= 0.3 is 0 Å². The van der Waals surface area contributed by atoms with Crippen LogP contribution in [-0.4, -0.2) is 52.1 Å². The van der Waals surface area contributed by atoms with Crippen molar-refractivity contribution in [2.45, 2.75) is 50.8 Å². The number of benzene rings is 1. The van der Waals surface area contributed by atoms with Crippen molar-refractivity contribution in [1.82, 2.24) is 20.2 Å². The van der Waals surface area contributed by atoms with Crippen LogP contribution in [0.2, 0.25) is 0 Å². The first-order chi connectivity index (χ1) is 12.1. The molecule has 25 heavy (non-hydrogen) atoms. The lowest BCUT2D eigenvalue weighted by molar-refractivity contribution is -0.157. The van der Waals surface area contributed by atoms with Gasteiger partial charge in [0.2, 0.25) is 0 Å². The first-order valence-corrected chi connectivity index (χ1v) is 9.23. The van der Waals surface area contributed by atoms with Crippen molar-refractivity contribution < 1.29 is 9.53 Å². The van der Waals surface area contributed by atoms with E-state index in [9.17, 15) is 4.79 Å². The van der Waals surface area contributed by atoms with Crippen molar-refractivity contribution in [3.05, 3.63) is 30.1 Å². The maximum Gasteiger partial charge on any atom is 0.253 e. The zero-order valence-corrected chi connectivity index (χ0v) is 14.8. The van der Waals surface area contributed by atoms with Crippen LogP contribution in [0.4, 0.5) is 0 Å². The highest BCUT2D eigenvalue weighted by atomic mass is 16.5. The van der Waals surface area contributed by atoms with Gasteiger partial charge in [0.1, 0.15) is 5.82 Å². The number of aromatic amines is 1. The molecular formula is C19H26N4O2. The number of hydrogen-bond donors (Lipinski definition) is 2. The number of ether oxygens (including phenoxy) is 1. The number of fused-ring (bicyclic) bond motifs is 1. The highest BCUT2D eigenvalue weighted by molar-refractivity contribution is 5.85. The van der Waals surface area contributed by atoms with Gasteiger partial charge in [-0.05, 0) is 31.9 Å². The predicted molar refractivity (Wildman–Crippen MR) is 96.1 cm³/mol. The van der Waals surface area contributed by atoms with Crippen LogP contribution in [0.5, 0.6) is 0 Å². The lowest BCUT2D eigenvalue weighted by Gasteiger charge is -2.39. The molecule has 2 fully saturated rings. The monoisotopic (exact) mass is 342 g/mol. The van der Waals surface area contributed by atoms with Crippen molar-refractivity contribution >= 4 is 16.9 Å². The van der Waals surface area contributed by atoms with Crippen LogP contribution in [0.1, 0.15) is 38.4 Å².